The van der Waals surface area contributed by atoms with Crippen LogP contribution in [0.3, 0.4) is 0 Å². The van der Waals surface area contributed by atoms with Crippen LogP contribution >= 0.6 is 35.4 Å². The lowest BCUT2D eigenvalue weighted by Gasteiger charge is -2.37. The molecule has 1 N–H and O–H groups in total. The molecule has 1 aliphatic rings. The fourth-order valence-corrected chi connectivity index (χ4v) is 5.17. The number of hydrogen-bond acceptors (Lipinski definition) is 4. The third kappa shape index (κ3) is 4.89. The Balaban J connectivity index is 1.54. The molecule has 0 bridgehead atoms. The van der Waals surface area contributed by atoms with Crippen LogP contribution in [0.15, 0.2) is 41.3 Å². The highest BCUT2D eigenvalue weighted by Gasteiger charge is 2.23. The van der Waals surface area contributed by atoms with E-state index in [4.69, 9.17) is 35.4 Å². The number of benzene rings is 2. The lowest BCUT2D eigenvalue weighted by molar-refractivity contribution is 0.0695. The lowest BCUT2D eigenvalue weighted by Crippen LogP contribution is -2.49. The van der Waals surface area contributed by atoms with Crippen molar-refractivity contribution in [2.45, 2.75) is 19.9 Å². The van der Waals surface area contributed by atoms with Crippen LogP contribution in [0.4, 0.5) is 10.1 Å². The molecule has 0 unspecified atom stereocenters. The maximum atomic E-state index is 15.1. The zero-order chi connectivity index (χ0) is 24.6. The summed E-state index contributed by atoms with van der Waals surface area (Å²) in [6.07, 6.45) is 1.85. The molecule has 2 heterocycles. The molecule has 1 aromatic heterocycles. The molecule has 2 aromatic carbocycles. The number of aromatic nitrogens is 1. The number of aryl methyl sites for hydroxylation is 1. The van der Waals surface area contributed by atoms with E-state index < -0.39 is 17.2 Å². The minimum absolute atomic E-state index is 0.0583. The number of halogens is 3. The van der Waals surface area contributed by atoms with Crippen molar-refractivity contribution in [3.63, 3.8) is 0 Å². The van der Waals surface area contributed by atoms with Crippen molar-refractivity contribution in [2.24, 2.45) is 0 Å². The number of nitrogens with zero attached hydrogens (tertiary/aromatic N) is 3. The van der Waals surface area contributed by atoms with Crippen molar-refractivity contribution >= 4 is 63.0 Å². The summed E-state index contributed by atoms with van der Waals surface area (Å²) in [6, 6.07) is 8.12. The van der Waals surface area contributed by atoms with Crippen LogP contribution < -0.4 is 10.3 Å². The zero-order valence-electron chi connectivity index (χ0n) is 18.4. The van der Waals surface area contributed by atoms with E-state index in [0.717, 1.165) is 16.6 Å². The largest absolute Gasteiger partial charge is 0.477 e. The first-order chi connectivity index (χ1) is 16.2. The van der Waals surface area contributed by atoms with Crippen molar-refractivity contribution in [2.75, 3.05) is 31.1 Å². The Kier molecular flexibility index (Phi) is 7.12. The first-order valence-electron chi connectivity index (χ1n) is 10.8. The van der Waals surface area contributed by atoms with E-state index >= 15 is 4.39 Å². The maximum Gasteiger partial charge on any atom is 0.341 e. The number of piperazine rings is 1. The van der Waals surface area contributed by atoms with Gasteiger partial charge >= 0.3 is 5.97 Å². The molecule has 34 heavy (non-hydrogen) atoms. The molecule has 178 valence electrons. The average molecular weight is 522 g/mol. The Morgan fingerprint density at radius 2 is 1.74 bits per heavy atom. The number of aromatic carboxylic acids is 1. The predicted octanol–water partition coefficient (Wildman–Crippen LogP) is 4.86. The van der Waals surface area contributed by atoms with Gasteiger partial charge in [0.05, 0.1) is 16.2 Å². The van der Waals surface area contributed by atoms with Crippen LogP contribution in [0.1, 0.15) is 22.8 Å². The highest BCUT2D eigenvalue weighted by molar-refractivity contribution is 7.80. The topological polar surface area (TPSA) is 65.8 Å². The fraction of sp³-hybridized carbons (Fsp3) is 0.292. The van der Waals surface area contributed by atoms with Gasteiger partial charge in [-0.05, 0) is 42.8 Å². The van der Waals surface area contributed by atoms with Gasteiger partial charge in [0.15, 0.2) is 0 Å². The van der Waals surface area contributed by atoms with Gasteiger partial charge in [-0.1, -0.05) is 35.4 Å². The van der Waals surface area contributed by atoms with Crippen LogP contribution in [0.2, 0.25) is 10.0 Å². The SMILES string of the molecule is CCn1cc(C(=O)O)c(=O)c2cc(F)c(N3CCN(C(=S)Cc4cc(Cl)cc(Cl)c4)CC3)cc21. The molecule has 0 saturated carbocycles. The molecule has 0 radical (unpaired) electrons. The second-order valence-corrected chi connectivity index (χ2v) is 9.45. The van der Waals surface area contributed by atoms with Crippen LogP contribution in [0.25, 0.3) is 10.9 Å². The van der Waals surface area contributed by atoms with E-state index in [1.165, 1.54) is 6.20 Å². The Bertz CT molecular complexity index is 1330. The molecule has 1 fully saturated rings. The zero-order valence-corrected chi connectivity index (χ0v) is 20.7. The van der Waals surface area contributed by atoms with Crippen LogP contribution in [0.5, 0.6) is 0 Å². The molecule has 10 heteroatoms. The second kappa shape index (κ2) is 9.90. The van der Waals surface area contributed by atoms with Crippen LogP contribution in [-0.2, 0) is 13.0 Å². The third-order valence-corrected chi connectivity index (χ3v) is 6.81. The normalized spacial score (nSPS) is 14.0. The Hall–Kier alpha value is -2.68. The first-order valence-corrected chi connectivity index (χ1v) is 11.9. The third-order valence-electron chi connectivity index (χ3n) is 5.97. The number of anilines is 1. The molecule has 1 saturated heterocycles. The molecular weight excluding hydrogens is 500 g/mol. The van der Waals surface area contributed by atoms with E-state index in [9.17, 15) is 14.7 Å². The van der Waals surface area contributed by atoms with E-state index in [0.29, 0.717) is 60.4 Å². The van der Waals surface area contributed by atoms with Gasteiger partial charge in [0.25, 0.3) is 0 Å². The highest BCUT2D eigenvalue weighted by atomic mass is 35.5. The number of carboxylic acid groups (broad SMARTS) is 1. The standard InChI is InChI=1S/C24H22Cl2FN3O3S/c1-2-28-13-18(24(32)33)23(31)17-11-19(27)21(12-20(17)28)29-3-5-30(6-4-29)22(34)9-14-7-15(25)10-16(26)8-14/h7-8,10-13H,2-6,9H2,1H3,(H,32,33). The maximum absolute atomic E-state index is 15.1. The molecule has 0 aliphatic carbocycles. The molecule has 0 atom stereocenters. The average Bonchev–Trinajstić information content (AvgIpc) is 2.78. The molecule has 3 aromatic rings. The number of hydrogen-bond donors (Lipinski definition) is 1. The summed E-state index contributed by atoms with van der Waals surface area (Å²) in [4.78, 5) is 28.8. The summed E-state index contributed by atoms with van der Waals surface area (Å²) < 4.78 is 16.7. The number of fused-ring (bicyclic) bond motifs is 1. The van der Waals surface area contributed by atoms with Gasteiger partial charge in [0.2, 0.25) is 5.43 Å². The van der Waals surface area contributed by atoms with E-state index in [-0.39, 0.29) is 10.9 Å². The number of thiocarbonyl (C=S) groups is 1. The molecule has 6 nitrogen and oxygen atoms in total. The highest BCUT2D eigenvalue weighted by Crippen LogP contribution is 2.27. The summed E-state index contributed by atoms with van der Waals surface area (Å²) in [6.45, 7) is 4.60. The quantitative estimate of drug-likeness (QED) is 0.483. The van der Waals surface area contributed by atoms with E-state index in [2.05, 4.69) is 4.90 Å². The smallest absolute Gasteiger partial charge is 0.341 e. The lowest BCUT2D eigenvalue weighted by atomic mass is 10.1. The summed E-state index contributed by atoms with van der Waals surface area (Å²) >= 11 is 17.8. The van der Waals surface area contributed by atoms with Gasteiger partial charge in [0, 0.05) is 60.8 Å². The van der Waals surface area contributed by atoms with Crippen molar-refractivity contribution in [1.29, 1.82) is 0 Å². The van der Waals surface area contributed by atoms with Crippen LogP contribution in [0, 0.1) is 5.82 Å². The van der Waals surface area contributed by atoms with Crippen molar-refractivity contribution < 1.29 is 14.3 Å². The second-order valence-electron chi connectivity index (χ2n) is 8.11. The molecular formula is C24H22Cl2FN3O3S. The molecule has 0 amide bonds. The predicted molar refractivity (Wildman–Crippen MR) is 137 cm³/mol. The van der Waals surface area contributed by atoms with Gasteiger partial charge in [-0.3, -0.25) is 4.79 Å². The number of carbonyl (C=O) groups is 1. The number of carboxylic acids is 1. The van der Waals surface area contributed by atoms with Crippen molar-refractivity contribution in [3.05, 3.63) is 73.7 Å². The Labute approximate surface area is 211 Å². The summed E-state index contributed by atoms with van der Waals surface area (Å²) in [5.74, 6) is -1.88. The minimum Gasteiger partial charge on any atom is -0.477 e. The summed E-state index contributed by atoms with van der Waals surface area (Å²) in [5, 5.41) is 10.5. The Morgan fingerprint density at radius 3 is 2.32 bits per heavy atom. The monoisotopic (exact) mass is 521 g/mol. The van der Waals surface area contributed by atoms with Gasteiger partial charge in [-0.15, -0.1) is 0 Å². The van der Waals surface area contributed by atoms with Gasteiger partial charge in [0.1, 0.15) is 11.4 Å². The number of pyridine rings is 1. The van der Waals surface area contributed by atoms with Crippen LogP contribution in [-0.4, -0.2) is 51.7 Å². The van der Waals surface area contributed by atoms with Gasteiger partial charge in [-0.2, -0.15) is 0 Å². The van der Waals surface area contributed by atoms with E-state index in [1.54, 1.807) is 16.7 Å². The van der Waals surface area contributed by atoms with Crippen molar-refractivity contribution in [1.82, 2.24) is 9.47 Å². The first kappa shape index (κ1) is 24.4. The summed E-state index contributed by atoms with van der Waals surface area (Å²) in [7, 11) is 0. The van der Waals surface area contributed by atoms with Gasteiger partial charge < -0.3 is 19.5 Å². The van der Waals surface area contributed by atoms with Crippen molar-refractivity contribution in [3.8, 4) is 0 Å². The van der Waals surface area contributed by atoms with E-state index in [1.807, 2.05) is 24.0 Å². The molecule has 1 aliphatic heterocycles. The summed E-state index contributed by atoms with van der Waals surface area (Å²) in [5.41, 5.74) is 0.761. The minimum atomic E-state index is -1.33. The fourth-order valence-electron chi connectivity index (χ4n) is 4.25. The molecule has 4 rings (SSSR count). The van der Waals surface area contributed by atoms with Gasteiger partial charge in [-0.25, -0.2) is 9.18 Å². The number of rotatable bonds is 5. The Morgan fingerprint density at radius 1 is 1.09 bits per heavy atom. The molecule has 0 spiro atoms.